The summed E-state index contributed by atoms with van der Waals surface area (Å²) in [6, 6.07) is 22.8. The smallest absolute Gasteiger partial charge is 0.410 e. The topological polar surface area (TPSA) is 80.8 Å². The van der Waals surface area contributed by atoms with Crippen LogP contribution in [0.15, 0.2) is 72.9 Å². The lowest BCUT2D eigenvalue weighted by molar-refractivity contribution is 0.0199. The molecule has 1 aliphatic heterocycles. The Kier molecular flexibility index (Phi) is 8.17. The molecule has 2 saturated carbocycles. The second-order valence-corrected chi connectivity index (χ2v) is 13.5. The first-order valence-corrected chi connectivity index (χ1v) is 15.7. The number of amides is 2. The van der Waals surface area contributed by atoms with Crippen molar-refractivity contribution in [3.63, 3.8) is 0 Å². The van der Waals surface area contributed by atoms with Gasteiger partial charge in [0.2, 0.25) is 0 Å². The van der Waals surface area contributed by atoms with Gasteiger partial charge in [0.05, 0.1) is 5.69 Å². The highest BCUT2D eigenvalue weighted by molar-refractivity contribution is 5.94. The number of hydrogen-bond acceptors (Lipinski definition) is 5. The molecule has 3 aromatic rings. The van der Waals surface area contributed by atoms with E-state index in [1.54, 1.807) is 11.1 Å². The molecule has 0 radical (unpaired) electrons. The second kappa shape index (κ2) is 12.0. The molecule has 3 unspecified atom stereocenters. The maximum atomic E-state index is 13.2. The van der Waals surface area contributed by atoms with Crippen molar-refractivity contribution in [1.29, 1.82) is 0 Å². The van der Waals surface area contributed by atoms with E-state index >= 15 is 0 Å². The van der Waals surface area contributed by atoms with Crippen molar-refractivity contribution in [2.75, 3.05) is 13.1 Å². The number of carbonyl (C=O) groups excluding carboxylic acids is 2. The predicted octanol–water partition coefficient (Wildman–Crippen LogP) is 6.90. The SMILES string of the molecule is CC(C)(C)OC(=O)N1CCC(NC(=O)c2ccc(C3(c4ccc(OCc5ccccn5)cc4)CC4CCC3C4)cc2)CC1. The number of ether oxygens (including phenoxy) is 2. The standard InChI is InChI=1S/C36H43N3O4/c1-35(2,3)43-34(41)39-20-17-30(18-21-39)38-33(40)26-8-11-27(12-9-26)36(23-25-7-10-29(36)22-25)28-13-15-32(16-14-28)42-24-31-6-4-5-19-37-31/h4-6,8-9,11-16,19,25,29-30H,7,10,17-18,20-24H2,1-3H3,(H,38,40). The Morgan fingerprint density at radius 3 is 2.21 bits per heavy atom. The number of hydrogen-bond donors (Lipinski definition) is 1. The van der Waals surface area contributed by atoms with Crippen LogP contribution in [-0.2, 0) is 16.8 Å². The third kappa shape index (κ3) is 6.41. The lowest BCUT2D eigenvalue weighted by Crippen LogP contribution is -2.47. The van der Waals surface area contributed by atoms with Crippen LogP contribution in [0.2, 0.25) is 0 Å². The molecule has 3 aliphatic rings. The summed E-state index contributed by atoms with van der Waals surface area (Å²) < 4.78 is 11.5. The molecule has 6 rings (SSSR count). The molecule has 1 aromatic heterocycles. The van der Waals surface area contributed by atoms with E-state index in [0.717, 1.165) is 36.6 Å². The molecule has 2 bridgehead atoms. The zero-order valence-electron chi connectivity index (χ0n) is 25.6. The predicted molar refractivity (Wildman–Crippen MR) is 166 cm³/mol. The first-order chi connectivity index (χ1) is 20.7. The summed E-state index contributed by atoms with van der Waals surface area (Å²) >= 11 is 0. The fourth-order valence-corrected chi connectivity index (χ4v) is 7.41. The number of carbonyl (C=O) groups is 2. The number of aromatic nitrogens is 1. The van der Waals surface area contributed by atoms with Gasteiger partial charge < -0.3 is 19.7 Å². The highest BCUT2D eigenvalue weighted by atomic mass is 16.6. The fourth-order valence-electron chi connectivity index (χ4n) is 7.41. The van der Waals surface area contributed by atoms with E-state index in [0.29, 0.717) is 31.2 Å². The molecule has 0 spiro atoms. The average Bonchev–Trinajstić information content (AvgIpc) is 3.63. The Morgan fingerprint density at radius 2 is 1.63 bits per heavy atom. The number of nitrogens with one attached hydrogen (secondary N) is 1. The van der Waals surface area contributed by atoms with Gasteiger partial charge in [0, 0.05) is 36.3 Å². The summed E-state index contributed by atoms with van der Waals surface area (Å²) in [7, 11) is 0. The van der Waals surface area contributed by atoms with Gasteiger partial charge in [0.15, 0.2) is 0 Å². The molecule has 7 nitrogen and oxygen atoms in total. The van der Waals surface area contributed by atoms with Crippen molar-refractivity contribution in [3.05, 3.63) is 95.3 Å². The summed E-state index contributed by atoms with van der Waals surface area (Å²) in [5, 5.41) is 3.19. The maximum Gasteiger partial charge on any atom is 0.410 e. The van der Waals surface area contributed by atoms with Crippen molar-refractivity contribution < 1.29 is 19.1 Å². The van der Waals surface area contributed by atoms with Crippen LogP contribution >= 0.6 is 0 Å². The van der Waals surface area contributed by atoms with Gasteiger partial charge >= 0.3 is 6.09 Å². The van der Waals surface area contributed by atoms with Crippen LogP contribution in [0.5, 0.6) is 5.75 Å². The number of piperidine rings is 1. The van der Waals surface area contributed by atoms with Crippen LogP contribution in [0.1, 0.15) is 86.5 Å². The summed E-state index contributed by atoms with van der Waals surface area (Å²) in [4.78, 5) is 31.7. The Morgan fingerprint density at radius 1 is 0.930 bits per heavy atom. The van der Waals surface area contributed by atoms with Crippen molar-refractivity contribution in [2.24, 2.45) is 11.8 Å². The van der Waals surface area contributed by atoms with Crippen LogP contribution < -0.4 is 10.1 Å². The number of rotatable bonds is 7. The van der Waals surface area contributed by atoms with E-state index in [9.17, 15) is 9.59 Å². The number of benzene rings is 2. The third-order valence-corrected chi connectivity index (χ3v) is 9.48. The Labute approximate surface area is 255 Å². The summed E-state index contributed by atoms with van der Waals surface area (Å²) in [5.74, 6) is 2.14. The number of fused-ring (bicyclic) bond motifs is 2. The van der Waals surface area contributed by atoms with Crippen LogP contribution in [-0.4, -0.2) is 46.6 Å². The molecule has 226 valence electrons. The molecule has 3 atom stereocenters. The summed E-state index contributed by atoms with van der Waals surface area (Å²) in [5.41, 5.74) is 3.67. The van der Waals surface area contributed by atoms with Crippen LogP contribution in [0, 0.1) is 11.8 Å². The quantitative estimate of drug-likeness (QED) is 0.328. The molecule has 43 heavy (non-hydrogen) atoms. The molecule has 7 heteroatoms. The first kappa shape index (κ1) is 29.2. The summed E-state index contributed by atoms with van der Waals surface area (Å²) in [6.45, 7) is 7.23. The summed E-state index contributed by atoms with van der Waals surface area (Å²) in [6.07, 6.45) is 7.91. The minimum absolute atomic E-state index is 0.0358. The number of nitrogens with zero attached hydrogens (tertiary/aromatic N) is 2. The van der Waals surface area contributed by atoms with E-state index in [1.165, 1.54) is 30.4 Å². The third-order valence-electron chi connectivity index (χ3n) is 9.48. The van der Waals surface area contributed by atoms with Crippen molar-refractivity contribution in [1.82, 2.24) is 15.2 Å². The average molecular weight is 582 g/mol. The van der Waals surface area contributed by atoms with Gasteiger partial charge in [-0.25, -0.2) is 4.79 Å². The zero-order chi connectivity index (χ0) is 30.0. The van der Waals surface area contributed by atoms with Crippen molar-refractivity contribution in [2.45, 2.75) is 83.0 Å². The molecule has 2 heterocycles. The van der Waals surface area contributed by atoms with E-state index in [-0.39, 0.29) is 23.5 Å². The molecule has 1 saturated heterocycles. The Hall–Kier alpha value is -3.87. The second-order valence-electron chi connectivity index (χ2n) is 13.5. The van der Waals surface area contributed by atoms with E-state index in [4.69, 9.17) is 9.47 Å². The van der Waals surface area contributed by atoms with Crippen molar-refractivity contribution >= 4 is 12.0 Å². The van der Waals surface area contributed by atoms with E-state index in [1.807, 2.05) is 51.1 Å². The highest BCUT2D eigenvalue weighted by Crippen LogP contribution is 2.60. The minimum atomic E-state index is -0.511. The lowest BCUT2D eigenvalue weighted by atomic mass is 9.64. The lowest BCUT2D eigenvalue weighted by Gasteiger charge is -2.39. The van der Waals surface area contributed by atoms with Gasteiger partial charge in [-0.15, -0.1) is 0 Å². The van der Waals surface area contributed by atoms with Gasteiger partial charge in [-0.1, -0.05) is 36.8 Å². The monoisotopic (exact) mass is 581 g/mol. The maximum absolute atomic E-state index is 13.2. The molecule has 2 aliphatic carbocycles. The van der Waals surface area contributed by atoms with Gasteiger partial charge in [0.1, 0.15) is 18.0 Å². The largest absolute Gasteiger partial charge is 0.487 e. The van der Waals surface area contributed by atoms with Crippen molar-refractivity contribution in [3.8, 4) is 5.75 Å². The Bertz CT molecular complexity index is 1410. The number of likely N-dealkylation sites (tertiary alicyclic amines) is 1. The molecule has 1 N–H and O–H groups in total. The normalized spacial score (nSPS) is 23.7. The highest BCUT2D eigenvalue weighted by Gasteiger charge is 2.52. The zero-order valence-corrected chi connectivity index (χ0v) is 25.6. The molecule has 2 amide bonds. The van der Waals surface area contributed by atoms with Gasteiger partial charge in [-0.05, 0) is 112 Å². The number of pyridine rings is 1. The molecular formula is C36H43N3O4. The molecular weight excluding hydrogens is 538 g/mol. The van der Waals surface area contributed by atoms with Crippen LogP contribution in [0.25, 0.3) is 0 Å². The minimum Gasteiger partial charge on any atom is -0.487 e. The van der Waals surface area contributed by atoms with Crippen LogP contribution in [0.4, 0.5) is 4.79 Å². The Balaban J connectivity index is 1.11. The van der Waals surface area contributed by atoms with Crippen LogP contribution in [0.3, 0.4) is 0 Å². The van der Waals surface area contributed by atoms with Gasteiger partial charge in [-0.3, -0.25) is 9.78 Å². The molecule has 2 aromatic carbocycles. The van der Waals surface area contributed by atoms with E-state index < -0.39 is 5.60 Å². The fraction of sp³-hybridized carbons (Fsp3) is 0.472. The van der Waals surface area contributed by atoms with Gasteiger partial charge in [-0.2, -0.15) is 0 Å². The molecule has 3 fully saturated rings. The van der Waals surface area contributed by atoms with Gasteiger partial charge in [0.25, 0.3) is 5.91 Å². The van der Waals surface area contributed by atoms with E-state index in [2.05, 4.69) is 46.7 Å². The first-order valence-electron chi connectivity index (χ1n) is 15.7.